The Morgan fingerprint density at radius 2 is 2.10 bits per heavy atom. The summed E-state index contributed by atoms with van der Waals surface area (Å²) in [4.78, 5) is 10.7. The Balaban J connectivity index is 1.58. The van der Waals surface area contributed by atoms with E-state index in [9.17, 15) is 4.79 Å². The van der Waals surface area contributed by atoms with Gasteiger partial charge < -0.3 is 15.2 Å². The summed E-state index contributed by atoms with van der Waals surface area (Å²) in [5.74, 6) is 0.698. The van der Waals surface area contributed by atoms with E-state index in [0.717, 1.165) is 44.5 Å². The Bertz CT molecular complexity index is 492. The van der Waals surface area contributed by atoms with Crippen LogP contribution in [0.4, 0.5) is 5.69 Å². The summed E-state index contributed by atoms with van der Waals surface area (Å²) in [5.41, 5.74) is 2.49. The van der Waals surface area contributed by atoms with Crippen molar-refractivity contribution >= 4 is 11.7 Å². The molecule has 2 N–H and O–H groups in total. The van der Waals surface area contributed by atoms with Crippen LogP contribution in [-0.2, 0) is 11.2 Å². The van der Waals surface area contributed by atoms with Gasteiger partial charge in [-0.25, -0.2) is 0 Å². The number of rotatable bonds is 4. The van der Waals surface area contributed by atoms with Gasteiger partial charge in [0.1, 0.15) is 5.75 Å². The van der Waals surface area contributed by atoms with Crippen LogP contribution in [0.15, 0.2) is 18.2 Å². The van der Waals surface area contributed by atoms with Crippen LogP contribution in [0, 0.1) is 5.92 Å². The number of carboxylic acids is 1. The van der Waals surface area contributed by atoms with Gasteiger partial charge in [0.05, 0.1) is 6.61 Å². The zero-order valence-electron chi connectivity index (χ0n) is 11.6. The SMILES string of the molecule is O=C(O)CC1CCC(Nc2cccc3c2CCO3)CC1. The molecule has 20 heavy (non-hydrogen) atoms. The zero-order valence-corrected chi connectivity index (χ0v) is 11.6. The van der Waals surface area contributed by atoms with Gasteiger partial charge in [0.25, 0.3) is 0 Å². The summed E-state index contributed by atoms with van der Waals surface area (Å²) in [6.07, 6.45) is 5.43. The van der Waals surface area contributed by atoms with Crippen LogP contribution in [0.25, 0.3) is 0 Å². The van der Waals surface area contributed by atoms with Crippen LogP contribution >= 0.6 is 0 Å². The summed E-state index contributed by atoms with van der Waals surface area (Å²) in [6.45, 7) is 0.777. The van der Waals surface area contributed by atoms with Gasteiger partial charge in [0.2, 0.25) is 0 Å². The molecular weight excluding hydrogens is 254 g/mol. The van der Waals surface area contributed by atoms with Gasteiger partial charge in [-0.3, -0.25) is 4.79 Å². The van der Waals surface area contributed by atoms with E-state index < -0.39 is 5.97 Å². The highest BCUT2D eigenvalue weighted by molar-refractivity contribution is 5.67. The third-order valence-corrected chi connectivity index (χ3v) is 4.41. The van der Waals surface area contributed by atoms with Gasteiger partial charge >= 0.3 is 5.97 Å². The molecule has 4 heteroatoms. The normalized spacial score (nSPS) is 24.8. The molecule has 1 heterocycles. The Morgan fingerprint density at radius 3 is 2.85 bits per heavy atom. The molecule has 0 spiro atoms. The van der Waals surface area contributed by atoms with Gasteiger partial charge in [-0.2, -0.15) is 0 Å². The first kappa shape index (κ1) is 13.3. The Morgan fingerprint density at radius 1 is 1.30 bits per heavy atom. The fourth-order valence-electron chi connectivity index (χ4n) is 3.33. The number of aliphatic carboxylic acids is 1. The number of benzene rings is 1. The molecule has 0 atom stereocenters. The lowest BCUT2D eigenvalue weighted by Gasteiger charge is -2.29. The van der Waals surface area contributed by atoms with E-state index in [1.165, 1.54) is 11.3 Å². The first-order chi connectivity index (χ1) is 9.72. The largest absolute Gasteiger partial charge is 0.493 e. The molecule has 0 amide bonds. The second-order valence-electron chi connectivity index (χ2n) is 5.84. The minimum atomic E-state index is -0.667. The molecule has 0 radical (unpaired) electrons. The summed E-state index contributed by atoms with van der Waals surface area (Å²) < 4.78 is 5.58. The van der Waals surface area contributed by atoms with Crippen molar-refractivity contribution in [3.63, 3.8) is 0 Å². The fourth-order valence-corrected chi connectivity index (χ4v) is 3.33. The maximum Gasteiger partial charge on any atom is 0.303 e. The van der Waals surface area contributed by atoms with Crippen LogP contribution in [0.5, 0.6) is 5.75 Å². The second kappa shape index (κ2) is 5.73. The van der Waals surface area contributed by atoms with Gasteiger partial charge in [-0.1, -0.05) is 6.07 Å². The first-order valence-electron chi connectivity index (χ1n) is 7.45. The molecule has 0 unspecified atom stereocenters. The van der Waals surface area contributed by atoms with Crippen molar-refractivity contribution in [1.29, 1.82) is 0 Å². The standard InChI is InChI=1S/C16H21NO3/c18-16(19)10-11-4-6-12(7-5-11)17-14-2-1-3-15-13(14)8-9-20-15/h1-3,11-12,17H,4-10H2,(H,18,19). The van der Waals surface area contributed by atoms with Gasteiger partial charge in [0.15, 0.2) is 0 Å². The number of anilines is 1. The molecule has 2 aliphatic rings. The quantitative estimate of drug-likeness (QED) is 0.886. The van der Waals surface area contributed by atoms with Crippen molar-refractivity contribution in [3.05, 3.63) is 23.8 Å². The summed E-state index contributed by atoms with van der Waals surface area (Å²) in [6, 6.07) is 6.64. The van der Waals surface area contributed by atoms with E-state index in [2.05, 4.69) is 11.4 Å². The Hall–Kier alpha value is -1.71. The van der Waals surface area contributed by atoms with Gasteiger partial charge in [0, 0.05) is 30.1 Å². The lowest BCUT2D eigenvalue weighted by molar-refractivity contribution is -0.138. The number of carboxylic acid groups (broad SMARTS) is 1. The maximum atomic E-state index is 10.7. The summed E-state index contributed by atoms with van der Waals surface area (Å²) in [5, 5.41) is 12.5. The number of fused-ring (bicyclic) bond motifs is 1. The second-order valence-corrected chi connectivity index (χ2v) is 5.84. The average Bonchev–Trinajstić information content (AvgIpc) is 2.90. The van der Waals surface area contributed by atoms with Crippen molar-refractivity contribution in [1.82, 2.24) is 0 Å². The molecule has 3 rings (SSSR count). The van der Waals surface area contributed by atoms with E-state index >= 15 is 0 Å². The predicted molar refractivity (Wildman–Crippen MR) is 77.3 cm³/mol. The molecule has 1 aliphatic heterocycles. The lowest BCUT2D eigenvalue weighted by Crippen LogP contribution is -2.27. The van der Waals surface area contributed by atoms with E-state index in [4.69, 9.17) is 9.84 Å². The minimum Gasteiger partial charge on any atom is -0.493 e. The molecule has 1 saturated carbocycles. The average molecular weight is 275 g/mol. The molecule has 1 aromatic rings. The summed E-state index contributed by atoms with van der Waals surface area (Å²) >= 11 is 0. The molecule has 0 saturated heterocycles. The molecule has 0 bridgehead atoms. The summed E-state index contributed by atoms with van der Waals surface area (Å²) in [7, 11) is 0. The van der Waals surface area contributed by atoms with Gasteiger partial charge in [-0.15, -0.1) is 0 Å². The number of ether oxygens (including phenoxy) is 1. The third kappa shape index (κ3) is 2.89. The van der Waals surface area contributed by atoms with Crippen molar-refractivity contribution in [3.8, 4) is 5.75 Å². The van der Waals surface area contributed by atoms with Crippen LogP contribution in [-0.4, -0.2) is 23.7 Å². The van der Waals surface area contributed by atoms with E-state index in [0.29, 0.717) is 18.4 Å². The highest BCUT2D eigenvalue weighted by Gasteiger charge is 2.24. The van der Waals surface area contributed by atoms with Crippen molar-refractivity contribution in [2.24, 2.45) is 5.92 Å². The highest BCUT2D eigenvalue weighted by atomic mass is 16.5. The van der Waals surface area contributed by atoms with Crippen LogP contribution in [0.2, 0.25) is 0 Å². The molecule has 4 nitrogen and oxygen atoms in total. The fraction of sp³-hybridized carbons (Fsp3) is 0.562. The molecule has 108 valence electrons. The number of hydrogen-bond acceptors (Lipinski definition) is 3. The van der Waals surface area contributed by atoms with E-state index in [1.807, 2.05) is 12.1 Å². The zero-order chi connectivity index (χ0) is 13.9. The van der Waals surface area contributed by atoms with Gasteiger partial charge in [-0.05, 0) is 43.7 Å². The Labute approximate surface area is 119 Å². The minimum absolute atomic E-state index is 0.321. The molecular formula is C16H21NO3. The van der Waals surface area contributed by atoms with Crippen LogP contribution < -0.4 is 10.1 Å². The van der Waals surface area contributed by atoms with Crippen molar-refractivity contribution < 1.29 is 14.6 Å². The lowest BCUT2D eigenvalue weighted by atomic mass is 9.84. The van der Waals surface area contributed by atoms with E-state index in [-0.39, 0.29) is 0 Å². The molecule has 1 aliphatic carbocycles. The van der Waals surface area contributed by atoms with Crippen molar-refractivity contribution in [2.75, 3.05) is 11.9 Å². The molecule has 1 fully saturated rings. The number of hydrogen-bond donors (Lipinski definition) is 2. The predicted octanol–water partition coefficient (Wildman–Crippen LogP) is 3.07. The third-order valence-electron chi connectivity index (χ3n) is 4.41. The van der Waals surface area contributed by atoms with Crippen LogP contribution in [0.1, 0.15) is 37.7 Å². The topological polar surface area (TPSA) is 58.6 Å². The smallest absolute Gasteiger partial charge is 0.303 e. The van der Waals surface area contributed by atoms with E-state index in [1.54, 1.807) is 0 Å². The number of nitrogens with one attached hydrogen (secondary N) is 1. The highest BCUT2D eigenvalue weighted by Crippen LogP contribution is 2.34. The van der Waals surface area contributed by atoms with Crippen LogP contribution in [0.3, 0.4) is 0 Å². The monoisotopic (exact) mass is 275 g/mol. The first-order valence-corrected chi connectivity index (χ1v) is 7.45. The maximum absolute atomic E-state index is 10.7. The molecule has 0 aromatic heterocycles. The van der Waals surface area contributed by atoms with Crippen molar-refractivity contribution in [2.45, 2.75) is 44.6 Å². The molecule has 1 aromatic carbocycles. The number of carbonyl (C=O) groups is 1. The Kier molecular flexibility index (Phi) is 3.81.